The van der Waals surface area contributed by atoms with Crippen LogP contribution in [0.25, 0.3) is 0 Å². The Morgan fingerprint density at radius 3 is 2.14 bits per heavy atom. The molecule has 0 amide bonds. The van der Waals surface area contributed by atoms with Gasteiger partial charge in [-0.1, -0.05) is 13.3 Å². The van der Waals surface area contributed by atoms with E-state index < -0.39 is 14.6 Å². The van der Waals surface area contributed by atoms with E-state index in [1.54, 1.807) is 20.8 Å². The van der Waals surface area contributed by atoms with E-state index in [0.717, 1.165) is 18.8 Å². The van der Waals surface area contributed by atoms with Crippen LogP contribution < -0.4 is 5.73 Å². The van der Waals surface area contributed by atoms with Gasteiger partial charge in [0.1, 0.15) is 0 Å². The maximum atomic E-state index is 12.3. The summed E-state index contributed by atoms with van der Waals surface area (Å²) in [6, 6.07) is 0. The van der Waals surface area contributed by atoms with Crippen molar-refractivity contribution in [3.8, 4) is 0 Å². The molecule has 4 nitrogen and oxygen atoms in total. The van der Waals surface area contributed by atoms with Crippen molar-refractivity contribution in [2.45, 2.75) is 70.1 Å². The number of rotatable bonds is 6. The molecule has 21 heavy (non-hydrogen) atoms. The van der Waals surface area contributed by atoms with Crippen LogP contribution in [0.1, 0.15) is 59.8 Å². The zero-order chi connectivity index (χ0) is 16.3. The summed E-state index contributed by atoms with van der Waals surface area (Å²) >= 11 is 0. The van der Waals surface area contributed by atoms with Crippen molar-refractivity contribution in [2.24, 2.45) is 11.7 Å². The van der Waals surface area contributed by atoms with Crippen LogP contribution in [0.3, 0.4) is 0 Å². The maximum Gasteiger partial charge on any atom is 0.156 e. The molecule has 0 heterocycles. The van der Waals surface area contributed by atoms with Crippen molar-refractivity contribution in [3.63, 3.8) is 0 Å². The molecular formula is C16H34N2O2S. The molecule has 1 aliphatic carbocycles. The molecule has 1 aliphatic rings. The molecule has 0 atom stereocenters. The lowest BCUT2D eigenvalue weighted by Gasteiger charge is -2.46. The average Bonchev–Trinajstić information content (AvgIpc) is 2.43. The van der Waals surface area contributed by atoms with Gasteiger partial charge >= 0.3 is 0 Å². The van der Waals surface area contributed by atoms with Gasteiger partial charge in [-0.15, -0.1) is 0 Å². The fraction of sp³-hybridized carbons (Fsp3) is 1.00. The lowest BCUT2D eigenvalue weighted by Crippen LogP contribution is -2.55. The van der Waals surface area contributed by atoms with Crippen LogP contribution in [0.15, 0.2) is 0 Å². The SMILES string of the molecule is CCC1CCC(CN)(N(C)CCS(=O)(=O)C(C)(C)C)CC1. The fourth-order valence-corrected chi connectivity index (χ4v) is 4.29. The zero-order valence-corrected chi connectivity index (χ0v) is 15.3. The average molecular weight is 319 g/mol. The summed E-state index contributed by atoms with van der Waals surface area (Å²) in [7, 11) is -1.03. The second-order valence-corrected chi connectivity index (χ2v) is 10.5. The number of hydrogen-bond donors (Lipinski definition) is 1. The van der Waals surface area contributed by atoms with Crippen molar-refractivity contribution in [3.05, 3.63) is 0 Å². The fourth-order valence-electron chi connectivity index (χ4n) is 3.17. The van der Waals surface area contributed by atoms with E-state index >= 15 is 0 Å². The second-order valence-electron chi connectivity index (χ2n) is 7.63. The predicted molar refractivity (Wildman–Crippen MR) is 90.2 cm³/mol. The summed E-state index contributed by atoms with van der Waals surface area (Å²) < 4.78 is 23.9. The molecule has 2 N–H and O–H groups in total. The van der Waals surface area contributed by atoms with E-state index in [1.165, 1.54) is 19.3 Å². The molecule has 126 valence electrons. The molecule has 0 unspecified atom stereocenters. The van der Waals surface area contributed by atoms with Gasteiger partial charge in [0.05, 0.1) is 10.5 Å². The largest absolute Gasteiger partial charge is 0.329 e. The Labute approximate surface area is 131 Å². The quantitative estimate of drug-likeness (QED) is 0.817. The number of nitrogens with zero attached hydrogens (tertiary/aromatic N) is 1. The number of sulfone groups is 1. The Hall–Kier alpha value is -0.130. The third kappa shape index (κ3) is 4.42. The van der Waals surface area contributed by atoms with E-state index in [4.69, 9.17) is 5.73 Å². The third-order valence-corrected chi connectivity index (χ3v) is 8.02. The van der Waals surface area contributed by atoms with E-state index in [1.807, 2.05) is 7.05 Å². The lowest BCUT2D eigenvalue weighted by molar-refractivity contribution is 0.0691. The minimum atomic E-state index is -3.06. The highest BCUT2D eigenvalue weighted by molar-refractivity contribution is 7.92. The molecule has 0 aromatic carbocycles. The molecular weight excluding hydrogens is 284 g/mol. The highest BCUT2D eigenvalue weighted by Gasteiger charge is 2.38. The predicted octanol–water partition coefficient (Wildman–Crippen LogP) is 2.43. The van der Waals surface area contributed by atoms with Crippen LogP contribution in [-0.2, 0) is 9.84 Å². The van der Waals surface area contributed by atoms with Gasteiger partial charge in [-0.25, -0.2) is 8.42 Å². The first-order valence-electron chi connectivity index (χ1n) is 8.21. The highest BCUT2D eigenvalue weighted by atomic mass is 32.2. The van der Waals surface area contributed by atoms with Crippen LogP contribution >= 0.6 is 0 Å². The molecule has 1 saturated carbocycles. The zero-order valence-electron chi connectivity index (χ0n) is 14.5. The van der Waals surface area contributed by atoms with Crippen LogP contribution in [0.5, 0.6) is 0 Å². The van der Waals surface area contributed by atoms with E-state index in [2.05, 4.69) is 11.8 Å². The van der Waals surface area contributed by atoms with Crippen molar-refractivity contribution in [2.75, 3.05) is 25.9 Å². The van der Waals surface area contributed by atoms with Gasteiger partial charge in [-0.05, 0) is 59.4 Å². The Balaban J connectivity index is 2.67. The van der Waals surface area contributed by atoms with E-state index in [-0.39, 0.29) is 11.3 Å². The van der Waals surface area contributed by atoms with Crippen molar-refractivity contribution in [1.82, 2.24) is 4.90 Å². The molecule has 0 bridgehead atoms. The minimum absolute atomic E-state index is 0.000918. The smallest absolute Gasteiger partial charge is 0.156 e. The van der Waals surface area contributed by atoms with Crippen LogP contribution in [0.2, 0.25) is 0 Å². The molecule has 0 spiro atoms. The molecule has 1 fully saturated rings. The normalized spacial score (nSPS) is 28.0. The number of likely N-dealkylation sites (N-methyl/N-ethyl adjacent to an activating group) is 1. The van der Waals surface area contributed by atoms with Gasteiger partial charge in [0.2, 0.25) is 0 Å². The summed E-state index contributed by atoms with van der Waals surface area (Å²) in [5.41, 5.74) is 6.06. The summed E-state index contributed by atoms with van der Waals surface area (Å²) in [6.45, 7) is 8.76. The van der Waals surface area contributed by atoms with Crippen molar-refractivity contribution >= 4 is 9.84 Å². The van der Waals surface area contributed by atoms with Crippen LogP contribution in [-0.4, -0.2) is 49.5 Å². The summed E-state index contributed by atoms with van der Waals surface area (Å²) in [6.07, 6.45) is 5.85. The molecule has 1 rings (SSSR count). The highest BCUT2D eigenvalue weighted by Crippen LogP contribution is 2.36. The van der Waals surface area contributed by atoms with Crippen LogP contribution in [0.4, 0.5) is 0 Å². The summed E-state index contributed by atoms with van der Waals surface area (Å²) in [5.74, 6) is 1.03. The molecule has 0 aliphatic heterocycles. The van der Waals surface area contributed by atoms with Crippen molar-refractivity contribution in [1.29, 1.82) is 0 Å². The lowest BCUT2D eigenvalue weighted by atomic mass is 9.75. The maximum absolute atomic E-state index is 12.3. The van der Waals surface area contributed by atoms with Gasteiger partial charge in [0.15, 0.2) is 9.84 Å². The topological polar surface area (TPSA) is 63.4 Å². The first-order chi connectivity index (χ1) is 9.58. The van der Waals surface area contributed by atoms with E-state index in [9.17, 15) is 8.42 Å². The Kier molecular flexibility index (Phi) is 6.28. The standard InChI is InChI=1S/C16H34N2O2S/c1-6-14-7-9-16(13-17,10-8-14)18(5)11-12-21(19,20)15(2,3)4/h14H,6-13,17H2,1-5H3. The van der Waals surface area contributed by atoms with Gasteiger partial charge in [-0.3, -0.25) is 4.90 Å². The van der Waals surface area contributed by atoms with Crippen molar-refractivity contribution < 1.29 is 8.42 Å². The van der Waals surface area contributed by atoms with Gasteiger partial charge < -0.3 is 5.73 Å². The summed E-state index contributed by atoms with van der Waals surface area (Å²) in [5, 5.41) is 0. The van der Waals surface area contributed by atoms with Gasteiger partial charge in [0, 0.05) is 18.6 Å². The monoisotopic (exact) mass is 318 g/mol. The second kappa shape index (κ2) is 6.97. The minimum Gasteiger partial charge on any atom is -0.329 e. The van der Waals surface area contributed by atoms with E-state index in [0.29, 0.717) is 13.1 Å². The molecule has 5 heteroatoms. The number of hydrogen-bond acceptors (Lipinski definition) is 4. The Morgan fingerprint density at radius 1 is 1.24 bits per heavy atom. The molecule has 0 aromatic heterocycles. The molecule has 0 aromatic rings. The molecule has 0 saturated heterocycles. The van der Waals surface area contributed by atoms with Gasteiger partial charge in [-0.2, -0.15) is 0 Å². The molecule has 0 radical (unpaired) electrons. The Morgan fingerprint density at radius 2 is 1.76 bits per heavy atom. The third-order valence-electron chi connectivity index (χ3n) is 5.43. The Bertz CT molecular complexity index is 418. The first-order valence-corrected chi connectivity index (χ1v) is 9.87. The van der Waals surface area contributed by atoms with Crippen LogP contribution in [0, 0.1) is 5.92 Å². The number of nitrogens with two attached hydrogens (primary N) is 1. The summed E-state index contributed by atoms with van der Waals surface area (Å²) in [4.78, 5) is 2.21. The van der Waals surface area contributed by atoms with Gasteiger partial charge in [0.25, 0.3) is 0 Å². The first kappa shape index (κ1) is 18.9.